The normalized spacial score (nSPS) is 19.0. The average molecular weight is 394 g/mol. The number of aromatic nitrogens is 1. The largest absolute Gasteiger partial charge is 0.318 e. The number of halogens is 1. The van der Waals surface area contributed by atoms with Gasteiger partial charge in [-0.2, -0.15) is 4.31 Å². The summed E-state index contributed by atoms with van der Waals surface area (Å²) in [6.07, 6.45) is 1.85. The number of hydrogen-bond acceptors (Lipinski definition) is 6. The van der Waals surface area contributed by atoms with Crippen molar-refractivity contribution in [3.05, 3.63) is 22.5 Å². The van der Waals surface area contributed by atoms with Gasteiger partial charge in [0, 0.05) is 24.5 Å². The van der Waals surface area contributed by atoms with Crippen LogP contribution in [0.3, 0.4) is 0 Å². The zero-order valence-corrected chi connectivity index (χ0v) is 16.2. The number of thiazole rings is 1. The van der Waals surface area contributed by atoms with E-state index in [4.69, 9.17) is 0 Å². The van der Waals surface area contributed by atoms with E-state index in [0.29, 0.717) is 17.3 Å². The van der Waals surface area contributed by atoms with Gasteiger partial charge >= 0.3 is 0 Å². The maximum atomic E-state index is 12.9. The summed E-state index contributed by atoms with van der Waals surface area (Å²) in [4.78, 5) is 5.34. The highest BCUT2D eigenvalue weighted by molar-refractivity contribution is 7.91. The zero-order valence-electron chi connectivity index (χ0n) is 13.0. The maximum absolute atomic E-state index is 12.9. The molecule has 9 heteroatoms. The first-order valence-corrected chi connectivity index (χ1v) is 10.3. The SMILES string of the molecule is CNCC1CCCN1S(=O)(=O)c1ccc(-c2csc(C)n2)s1.Cl. The lowest BCUT2D eigenvalue weighted by molar-refractivity contribution is 0.380. The molecule has 1 fully saturated rings. The molecule has 23 heavy (non-hydrogen) atoms. The molecular weight excluding hydrogens is 374 g/mol. The predicted octanol–water partition coefficient (Wildman–Crippen LogP) is 2.97. The van der Waals surface area contributed by atoms with Crippen LogP contribution in [0.25, 0.3) is 10.6 Å². The Morgan fingerprint density at radius 3 is 2.87 bits per heavy atom. The van der Waals surface area contributed by atoms with Gasteiger partial charge in [-0.15, -0.1) is 35.1 Å². The number of nitrogens with zero attached hydrogens (tertiary/aromatic N) is 2. The Morgan fingerprint density at radius 1 is 1.43 bits per heavy atom. The fourth-order valence-electron chi connectivity index (χ4n) is 2.75. The van der Waals surface area contributed by atoms with Crippen LogP contribution in [-0.2, 0) is 10.0 Å². The summed E-state index contributed by atoms with van der Waals surface area (Å²) in [7, 11) is -1.54. The molecule has 0 amide bonds. The molecule has 128 valence electrons. The molecule has 3 rings (SSSR count). The van der Waals surface area contributed by atoms with Crippen LogP contribution in [0, 0.1) is 6.92 Å². The van der Waals surface area contributed by atoms with Crippen LogP contribution < -0.4 is 5.32 Å². The number of rotatable bonds is 5. The minimum absolute atomic E-state index is 0. The van der Waals surface area contributed by atoms with Crippen molar-refractivity contribution in [2.75, 3.05) is 20.1 Å². The Labute approximate surface area is 151 Å². The molecule has 2 aromatic rings. The fourth-order valence-corrected chi connectivity index (χ4v) is 6.53. The molecule has 0 radical (unpaired) electrons. The molecule has 1 aliphatic rings. The van der Waals surface area contributed by atoms with Gasteiger partial charge in [-0.25, -0.2) is 13.4 Å². The van der Waals surface area contributed by atoms with E-state index in [1.807, 2.05) is 25.4 Å². The molecule has 2 aromatic heterocycles. The Morgan fingerprint density at radius 2 is 2.22 bits per heavy atom. The molecule has 0 bridgehead atoms. The van der Waals surface area contributed by atoms with Gasteiger partial charge in [0.15, 0.2) is 0 Å². The lowest BCUT2D eigenvalue weighted by Crippen LogP contribution is -2.40. The first-order valence-electron chi connectivity index (χ1n) is 7.21. The minimum atomic E-state index is -3.40. The summed E-state index contributed by atoms with van der Waals surface area (Å²) >= 11 is 2.88. The van der Waals surface area contributed by atoms with Crippen LogP contribution in [-0.4, -0.2) is 43.9 Å². The third kappa shape index (κ3) is 3.78. The van der Waals surface area contributed by atoms with E-state index in [0.717, 1.165) is 28.4 Å². The lowest BCUT2D eigenvalue weighted by atomic mass is 10.2. The summed E-state index contributed by atoms with van der Waals surface area (Å²) in [6, 6.07) is 3.62. The monoisotopic (exact) mass is 393 g/mol. The quantitative estimate of drug-likeness (QED) is 0.848. The summed E-state index contributed by atoms with van der Waals surface area (Å²) in [5.41, 5.74) is 0.863. The first kappa shape index (κ1) is 18.8. The number of sulfonamides is 1. The topological polar surface area (TPSA) is 62.3 Å². The number of nitrogens with one attached hydrogen (secondary N) is 1. The maximum Gasteiger partial charge on any atom is 0.252 e. The van der Waals surface area contributed by atoms with Crippen molar-refractivity contribution < 1.29 is 8.42 Å². The Balaban J connectivity index is 0.00000192. The van der Waals surface area contributed by atoms with Crippen molar-refractivity contribution in [1.82, 2.24) is 14.6 Å². The van der Waals surface area contributed by atoms with Gasteiger partial charge < -0.3 is 5.32 Å². The number of likely N-dealkylation sites (N-methyl/N-ethyl adjacent to an activating group) is 1. The average Bonchev–Trinajstić information content (AvgIpc) is 3.17. The highest BCUT2D eigenvalue weighted by Gasteiger charge is 2.35. The fraction of sp³-hybridized carbons (Fsp3) is 0.500. The predicted molar refractivity (Wildman–Crippen MR) is 98.3 cm³/mol. The van der Waals surface area contributed by atoms with Gasteiger partial charge in [0.25, 0.3) is 10.0 Å². The van der Waals surface area contributed by atoms with Crippen molar-refractivity contribution in [1.29, 1.82) is 0 Å². The molecule has 0 aromatic carbocycles. The molecule has 5 nitrogen and oxygen atoms in total. The van der Waals surface area contributed by atoms with Gasteiger partial charge in [-0.3, -0.25) is 0 Å². The van der Waals surface area contributed by atoms with E-state index < -0.39 is 10.0 Å². The van der Waals surface area contributed by atoms with Gasteiger partial charge in [0.1, 0.15) is 4.21 Å². The van der Waals surface area contributed by atoms with Crippen molar-refractivity contribution in [3.8, 4) is 10.6 Å². The summed E-state index contributed by atoms with van der Waals surface area (Å²) in [5.74, 6) is 0. The van der Waals surface area contributed by atoms with Crippen LogP contribution in [0.15, 0.2) is 21.7 Å². The van der Waals surface area contributed by atoms with Gasteiger partial charge in [0.05, 0.1) is 15.6 Å². The van der Waals surface area contributed by atoms with Crippen molar-refractivity contribution in [2.24, 2.45) is 0 Å². The second-order valence-corrected chi connectivity index (χ2v) is 9.60. The molecule has 1 unspecified atom stereocenters. The van der Waals surface area contributed by atoms with Crippen LogP contribution in [0.1, 0.15) is 17.8 Å². The van der Waals surface area contributed by atoms with E-state index in [-0.39, 0.29) is 18.4 Å². The second-order valence-electron chi connectivity index (χ2n) is 5.34. The molecule has 0 saturated carbocycles. The van der Waals surface area contributed by atoms with E-state index >= 15 is 0 Å². The minimum Gasteiger partial charge on any atom is -0.318 e. The molecular formula is C14H20ClN3O2S3. The number of thiophene rings is 1. The van der Waals surface area contributed by atoms with E-state index in [2.05, 4.69) is 10.3 Å². The van der Waals surface area contributed by atoms with Crippen molar-refractivity contribution >= 4 is 45.1 Å². The number of hydrogen-bond donors (Lipinski definition) is 1. The lowest BCUT2D eigenvalue weighted by Gasteiger charge is -2.22. The highest BCUT2D eigenvalue weighted by Crippen LogP contribution is 2.34. The zero-order chi connectivity index (χ0) is 15.7. The molecule has 1 saturated heterocycles. The highest BCUT2D eigenvalue weighted by atomic mass is 35.5. The van der Waals surface area contributed by atoms with Crippen LogP contribution in [0.2, 0.25) is 0 Å². The van der Waals surface area contributed by atoms with Crippen LogP contribution in [0.5, 0.6) is 0 Å². The Kier molecular flexibility index (Phi) is 6.21. The third-order valence-corrected chi connectivity index (χ3v) is 8.08. The van der Waals surface area contributed by atoms with E-state index in [9.17, 15) is 8.42 Å². The van der Waals surface area contributed by atoms with Gasteiger partial charge in [-0.1, -0.05) is 0 Å². The van der Waals surface area contributed by atoms with Crippen LogP contribution >= 0.6 is 35.1 Å². The first-order chi connectivity index (χ1) is 10.5. The van der Waals surface area contributed by atoms with Gasteiger partial charge in [-0.05, 0) is 38.9 Å². The van der Waals surface area contributed by atoms with Gasteiger partial charge in [0.2, 0.25) is 0 Å². The Bertz CT molecular complexity index is 757. The van der Waals surface area contributed by atoms with Crippen LogP contribution in [0.4, 0.5) is 0 Å². The number of aryl methyl sites for hydroxylation is 1. The molecule has 3 heterocycles. The molecule has 1 N–H and O–H groups in total. The Hall–Kier alpha value is -0.510. The summed E-state index contributed by atoms with van der Waals surface area (Å²) < 4.78 is 27.8. The summed E-state index contributed by atoms with van der Waals surface area (Å²) in [5, 5.41) is 6.04. The molecule has 0 aliphatic carbocycles. The molecule has 0 spiro atoms. The molecule has 1 atom stereocenters. The van der Waals surface area contributed by atoms with Crippen molar-refractivity contribution in [2.45, 2.75) is 30.0 Å². The van der Waals surface area contributed by atoms with Crippen molar-refractivity contribution in [3.63, 3.8) is 0 Å². The molecule has 1 aliphatic heterocycles. The smallest absolute Gasteiger partial charge is 0.252 e. The summed E-state index contributed by atoms with van der Waals surface area (Å²) in [6.45, 7) is 3.26. The second kappa shape index (κ2) is 7.58. The van der Waals surface area contributed by atoms with E-state index in [1.54, 1.807) is 21.7 Å². The third-order valence-electron chi connectivity index (χ3n) is 3.78. The van der Waals surface area contributed by atoms with E-state index in [1.165, 1.54) is 11.3 Å². The standard InChI is InChI=1S/C14H19N3O2S3.ClH/c1-10-16-12(9-20-10)13-5-6-14(21-13)22(18,19)17-7-3-4-11(17)8-15-2;/h5-6,9,11,15H,3-4,7-8H2,1-2H3;1H.